The number of nitrogens with zero attached hydrogens (tertiary/aromatic N) is 7. The molecule has 1 aliphatic rings. The van der Waals surface area contributed by atoms with Gasteiger partial charge in [0.1, 0.15) is 11.6 Å². The zero-order valence-electron chi connectivity index (χ0n) is 19.9. The summed E-state index contributed by atoms with van der Waals surface area (Å²) < 4.78 is 7.16. The summed E-state index contributed by atoms with van der Waals surface area (Å²) in [6, 6.07) is 13.7. The van der Waals surface area contributed by atoms with Gasteiger partial charge in [-0.15, -0.1) is 5.10 Å². The van der Waals surface area contributed by atoms with Crippen LogP contribution in [-0.2, 0) is 4.79 Å². The van der Waals surface area contributed by atoms with E-state index in [4.69, 9.17) is 4.74 Å². The van der Waals surface area contributed by atoms with Crippen molar-refractivity contribution in [1.82, 2.24) is 29.5 Å². The third-order valence-electron chi connectivity index (χ3n) is 6.06. The fourth-order valence-electron chi connectivity index (χ4n) is 4.27. The Balaban J connectivity index is 1.19. The van der Waals surface area contributed by atoms with E-state index in [2.05, 4.69) is 36.3 Å². The lowest BCUT2D eigenvalue weighted by Crippen LogP contribution is -2.49. The highest BCUT2D eigenvalue weighted by Gasteiger charge is 2.22. The van der Waals surface area contributed by atoms with Crippen molar-refractivity contribution in [2.75, 3.05) is 50.1 Å². The van der Waals surface area contributed by atoms with E-state index in [-0.39, 0.29) is 5.91 Å². The maximum Gasteiger partial charge on any atom is 0.254 e. The van der Waals surface area contributed by atoms with Crippen LogP contribution in [0.2, 0.25) is 0 Å². The molecule has 1 aliphatic heterocycles. The van der Waals surface area contributed by atoms with Crippen LogP contribution in [0.15, 0.2) is 54.9 Å². The van der Waals surface area contributed by atoms with Crippen LogP contribution < -0.4 is 15.0 Å². The van der Waals surface area contributed by atoms with E-state index in [1.54, 1.807) is 24.0 Å². The molecule has 10 nitrogen and oxygen atoms in total. The number of anilines is 2. The van der Waals surface area contributed by atoms with Gasteiger partial charge in [-0.2, -0.15) is 9.50 Å². The number of rotatable bonds is 7. The Bertz CT molecular complexity index is 1320. The number of para-hydroxylation sites is 2. The number of aromatic nitrogens is 5. The van der Waals surface area contributed by atoms with E-state index in [1.807, 2.05) is 48.2 Å². The molecule has 0 spiro atoms. The van der Waals surface area contributed by atoms with E-state index in [0.717, 1.165) is 41.6 Å². The van der Waals surface area contributed by atoms with Gasteiger partial charge in [0.2, 0.25) is 5.91 Å². The number of nitrogens with one attached hydrogen (secondary N) is 1. The van der Waals surface area contributed by atoms with Crippen molar-refractivity contribution >= 4 is 23.2 Å². The first-order valence-electron chi connectivity index (χ1n) is 11.7. The largest absolute Gasteiger partial charge is 0.495 e. The highest BCUT2D eigenvalue weighted by atomic mass is 16.5. The van der Waals surface area contributed by atoms with Crippen molar-refractivity contribution in [1.29, 1.82) is 0 Å². The van der Waals surface area contributed by atoms with Crippen LogP contribution in [-0.4, -0.2) is 75.2 Å². The van der Waals surface area contributed by atoms with Crippen LogP contribution in [0.3, 0.4) is 0 Å². The smallest absolute Gasteiger partial charge is 0.254 e. The minimum Gasteiger partial charge on any atom is -0.495 e. The lowest BCUT2D eigenvalue weighted by Gasteiger charge is -2.36. The molecule has 0 unspecified atom stereocenters. The van der Waals surface area contributed by atoms with Crippen LogP contribution >= 0.6 is 0 Å². The molecule has 1 saturated heterocycles. The fourth-order valence-corrected chi connectivity index (χ4v) is 4.27. The van der Waals surface area contributed by atoms with Crippen LogP contribution in [0, 0.1) is 6.92 Å². The summed E-state index contributed by atoms with van der Waals surface area (Å²) in [5.41, 5.74) is 2.72. The Labute approximate surface area is 203 Å². The SMILES string of the molecule is COc1ccccc1N1CCN(C(=O)CCNc2cc(C)nc3nc(-c4cccnc4)nn23)CC1. The number of fused-ring (bicyclic) bond motifs is 1. The predicted molar refractivity (Wildman–Crippen MR) is 134 cm³/mol. The molecule has 0 bridgehead atoms. The van der Waals surface area contributed by atoms with E-state index in [1.165, 1.54) is 0 Å². The maximum absolute atomic E-state index is 12.9. The zero-order valence-corrected chi connectivity index (χ0v) is 19.9. The number of piperazine rings is 1. The van der Waals surface area contributed by atoms with Gasteiger partial charge in [0.15, 0.2) is 5.82 Å². The predicted octanol–water partition coefficient (Wildman–Crippen LogP) is 2.65. The molecule has 10 heteroatoms. The van der Waals surface area contributed by atoms with Crippen molar-refractivity contribution < 1.29 is 9.53 Å². The van der Waals surface area contributed by atoms with Gasteiger partial charge in [-0.3, -0.25) is 9.78 Å². The first kappa shape index (κ1) is 22.6. The molecule has 0 radical (unpaired) electrons. The molecule has 5 rings (SSSR count). The average Bonchev–Trinajstić information content (AvgIpc) is 3.33. The van der Waals surface area contributed by atoms with Gasteiger partial charge < -0.3 is 19.9 Å². The minimum atomic E-state index is 0.133. The molecule has 180 valence electrons. The van der Waals surface area contributed by atoms with Gasteiger partial charge in [0.25, 0.3) is 5.78 Å². The number of hydrogen-bond donors (Lipinski definition) is 1. The van der Waals surface area contributed by atoms with E-state index >= 15 is 0 Å². The van der Waals surface area contributed by atoms with Crippen LogP contribution in [0.25, 0.3) is 17.2 Å². The highest BCUT2D eigenvalue weighted by Crippen LogP contribution is 2.28. The third kappa shape index (κ3) is 4.86. The standard InChI is InChI=1S/C25H28N8O2/c1-18-16-22(33-25(28-18)29-24(30-33)19-6-5-10-26-17-19)27-11-9-23(34)32-14-12-31(13-15-32)20-7-3-4-8-21(20)35-2/h3-8,10,16-17,27H,9,11-15H2,1-2H3. The van der Waals surface area contributed by atoms with Crippen LogP contribution in [0.1, 0.15) is 12.1 Å². The lowest BCUT2D eigenvalue weighted by molar-refractivity contribution is -0.131. The van der Waals surface area contributed by atoms with Gasteiger partial charge in [0, 0.05) is 68.9 Å². The molecule has 0 saturated carbocycles. The van der Waals surface area contributed by atoms with E-state index < -0.39 is 0 Å². The summed E-state index contributed by atoms with van der Waals surface area (Å²) in [5, 5.41) is 7.94. The minimum absolute atomic E-state index is 0.133. The molecule has 0 aliphatic carbocycles. The van der Waals surface area contributed by atoms with E-state index in [9.17, 15) is 4.79 Å². The van der Waals surface area contributed by atoms with Gasteiger partial charge in [-0.1, -0.05) is 12.1 Å². The van der Waals surface area contributed by atoms with Crippen molar-refractivity contribution in [2.45, 2.75) is 13.3 Å². The van der Waals surface area contributed by atoms with Gasteiger partial charge in [0.05, 0.1) is 12.8 Å². The number of amides is 1. The Hall–Kier alpha value is -4.21. The number of methoxy groups -OCH3 is 1. The van der Waals surface area contributed by atoms with Crippen LogP contribution in [0.5, 0.6) is 5.75 Å². The third-order valence-corrected chi connectivity index (χ3v) is 6.06. The monoisotopic (exact) mass is 472 g/mol. The Morgan fingerprint density at radius 2 is 1.91 bits per heavy atom. The molecule has 1 amide bonds. The maximum atomic E-state index is 12.9. The topological polar surface area (TPSA) is 101 Å². The molecule has 1 fully saturated rings. The normalized spacial score (nSPS) is 13.8. The molecule has 1 N–H and O–H groups in total. The van der Waals surface area contributed by atoms with Crippen molar-refractivity contribution in [3.63, 3.8) is 0 Å². The summed E-state index contributed by atoms with van der Waals surface area (Å²) in [5.74, 6) is 2.81. The van der Waals surface area contributed by atoms with Crippen molar-refractivity contribution in [3.8, 4) is 17.1 Å². The summed E-state index contributed by atoms with van der Waals surface area (Å²) in [4.78, 5) is 30.2. The number of hydrogen-bond acceptors (Lipinski definition) is 8. The fraction of sp³-hybridized carbons (Fsp3) is 0.320. The summed E-state index contributed by atoms with van der Waals surface area (Å²) in [6.45, 7) is 5.34. The quantitative estimate of drug-likeness (QED) is 0.438. The Kier molecular flexibility index (Phi) is 6.42. The molecule has 3 aromatic heterocycles. The summed E-state index contributed by atoms with van der Waals surface area (Å²) in [6.07, 6.45) is 3.83. The zero-order chi connectivity index (χ0) is 24.2. The number of benzene rings is 1. The number of pyridine rings is 1. The van der Waals surface area contributed by atoms with Crippen LogP contribution in [0.4, 0.5) is 11.5 Å². The Morgan fingerprint density at radius 3 is 2.69 bits per heavy atom. The van der Waals surface area contributed by atoms with Crippen molar-refractivity contribution in [2.24, 2.45) is 0 Å². The second-order valence-corrected chi connectivity index (χ2v) is 8.39. The second kappa shape index (κ2) is 9.96. The molecule has 0 atom stereocenters. The van der Waals surface area contributed by atoms with Gasteiger partial charge >= 0.3 is 0 Å². The van der Waals surface area contributed by atoms with Crippen molar-refractivity contribution in [3.05, 3.63) is 60.6 Å². The lowest BCUT2D eigenvalue weighted by atomic mass is 10.2. The Morgan fingerprint density at radius 1 is 1.09 bits per heavy atom. The number of aryl methyl sites for hydroxylation is 1. The number of carbonyl (C=O) groups is 1. The number of ether oxygens (including phenoxy) is 1. The average molecular weight is 473 g/mol. The highest BCUT2D eigenvalue weighted by molar-refractivity contribution is 5.77. The molecular weight excluding hydrogens is 444 g/mol. The number of carbonyl (C=O) groups excluding carboxylic acids is 1. The summed E-state index contributed by atoms with van der Waals surface area (Å²) in [7, 11) is 1.68. The first-order valence-corrected chi connectivity index (χ1v) is 11.7. The first-order chi connectivity index (χ1) is 17.1. The summed E-state index contributed by atoms with van der Waals surface area (Å²) >= 11 is 0. The molecule has 1 aromatic carbocycles. The van der Waals surface area contributed by atoms with Gasteiger partial charge in [-0.05, 0) is 31.2 Å². The molecule has 4 aromatic rings. The van der Waals surface area contributed by atoms with Gasteiger partial charge in [-0.25, -0.2) is 4.98 Å². The van der Waals surface area contributed by atoms with E-state index in [0.29, 0.717) is 37.7 Å². The molecular formula is C25H28N8O2. The second-order valence-electron chi connectivity index (χ2n) is 8.39. The molecule has 4 heterocycles. The molecule has 35 heavy (non-hydrogen) atoms.